The van der Waals surface area contributed by atoms with Crippen LogP contribution >= 0.6 is 0 Å². The Balaban J connectivity index is 1.20. The first kappa shape index (κ1) is 36.0. The third kappa shape index (κ3) is 6.03. The number of methoxy groups -OCH3 is 1. The van der Waals surface area contributed by atoms with E-state index >= 15 is 8.78 Å². The first-order chi connectivity index (χ1) is 26.3. The summed E-state index contributed by atoms with van der Waals surface area (Å²) in [5, 5.41) is 0.197. The lowest BCUT2D eigenvalue weighted by Gasteiger charge is -2.46. The van der Waals surface area contributed by atoms with E-state index in [2.05, 4.69) is 14.9 Å². The Morgan fingerprint density at radius 2 is 1.85 bits per heavy atom. The number of rotatable bonds is 7. The van der Waals surface area contributed by atoms with Crippen LogP contribution in [0, 0.1) is 17.5 Å². The maximum absolute atomic E-state index is 17.4. The Hall–Kier alpha value is -4.70. The van der Waals surface area contributed by atoms with Crippen molar-refractivity contribution < 1.29 is 46.0 Å². The number of anilines is 1. The van der Waals surface area contributed by atoms with Gasteiger partial charge in [-0.25, -0.2) is 27.3 Å². The van der Waals surface area contributed by atoms with Gasteiger partial charge in [0.1, 0.15) is 53.2 Å². The zero-order chi connectivity index (χ0) is 38.4. The minimum Gasteiger partial charge on any atom is -0.475 e. The zero-order valence-corrected chi connectivity index (χ0v) is 31.0. The van der Waals surface area contributed by atoms with Crippen molar-refractivity contribution in [1.82, 2.24) is 24.8 Å². The van der Waals surface area contributed by atoms with Gasteiger partial charge in [0.2, 0.25) is 5.88 Å². The number of alkyl halides is 1. The molecule has 1 amide bonds. The summed E-state index contributed by atoms with van der Waals surface area (Å²) in [6, 6.07) is 4.09. The second kappa shape index (κ2) is 13.2. The summed E-state index contributed by atoms with van der Waals surface area (Å²) in [5.74, 6) is -2.76. The number of carbonyl (C=O) groups is 1. The molecule has 4 fully saturated rings. The van der Waals surface area contributed by atoms with E-state index in [1.165, 1.54) is 25.3 Å². The molecule has 0 N–H and O–H groups in total. The number of hydrogen-bond donors (Lipinski definition) is 0. The molecule has 0 aliphatic carbocycles. The van der Waals surface area contributed by atoms with Crippen molar-refractivity contribution in [3.8, 4) is 28.9 Å². The maximum atomic E-state index is 17.4. The monoisotopic (exact) mass is 766 g/mol. The fraction of sp³-hybridized carbons (Fsp3) is 0.538. The van der Waals surface area contributed by atoms with Crippen molar-refractivity contribution in [3.63, 3.8) is 0 Å². The predicted octanol–water partition coefficient (Wildman–Crippen LogP) is 6.55. The molecule has 16 heteroatoms. The van der Waals surface area contributed by atoms with Gasteiger partial charge >= 0.3 is 12.1 Å². The second-order valence-corrected chi connectivity index (χ2v) is 16.2. The van der Waals surface area contributed by atoms with Crippen LogP contribution in [-0.4, -0.2) is 113 Å². The van der Waals surface area contributed by atoms with Crippen LogP contribution in [0.3, 0.4) is 0 Å². The number of aromatic nitrogens is 3. The van der Waals surface area contributed by atoms with Gasteiger partial charge in [-0.05, 0) is 76.6 Å². The zero-order valence-electron chi connectivity index (χ0n) is 31.0. The summed E-state index contributed by atoms with van der Waals surface area (Å²) in [4.78, 5) is 33.5. The van der Waals surface area contributed by atoms with Crippen LogP contribution in [0.2, 0.25) is 0 Å². The fourth-order valence-corrected chi connectivity index (χ4v) is 9.32. The first-order valence-electron chi connectivity index (χ1n) is 18.7. The predicted molar refractivity (Wildman–Crippen MR) is 193 cm³/mol. The number of carbonyl (C=O) groups excluding carboxylic acids is 1. The third-order valence-electron chi connectivity index (χ3n) is 11.6. The first-order valence-corrected chi connectivity index (χ1v) is 18.7. The number of nitrogens with zero attached hydrogens (tertiary/aromatic N) is 6. The molecule has 7 heterocycles. The number of hydrogen-bond acceptors (Lipinski definition) is 11. The highest BCUT2D eigenvalue weighted by Gasteiger charge is 2.52. The smallest absolute Gasteiger partial charge is 0.410 e. The topological polar surface area (TPSA) is 112 Å². The van der Waals surface area contributed by atoms with Crippen molar-refractivity contribution in [3.05, 3.63) is 41.7 Å². The molecule has 9 rings (SSSR count). The molecule has 0 unspecified atom stereocenters. The Kier molecular flexibility index (Phi) is 8.64. The quantitative estimate of drug-likeness (QED) is 0.151. The van der Waals surface area contributed by atoms with E-state index in [1.54, 1.807) is 4.90 Å². The van der Waals surface area contributed by atoms with Crippen molar-refractivity contribution in [2.45, 2.75) is 88.3 Å². The number of amides is 1. The van der Waals surface area contributed by atoms with E-state index < -0.39 is 46.9 Å². The van der Waals surface area contributed by atoms with E-state index in [1.807, 2.05) is 25.7 Å². The number of ether oxygens (including phenoxy) is 5. The molecule has 2 aromatic carbocycles. The summed E-state index contributed by atoms with van der Waals surface area (Å²) in [6.45, 7) is 6.84. The van der Waals surface area contributed by atoms with Crippen molar-refractivity contribution in [1.29, 1.82) is 0 Å². The van der Waals surface area contributed by atoms with Crippen LogP contribution in [0.1, 0.15) is 52.9 Å². The van der Waals surface area contributed by atoms with Crippen molar-refractivity contribution in [2.24, 2.45) is 0 Å². The van der Waals surface area contributed by atoms with Crippen molar-refractivity contribution >= 4 is 33.6 Å². The normalized spacial score (nSPS) is 25.9. The van der Waals surface area contributed by atoms with Crippen LogP contribution in [0.5, 0.6) is 17.6 Å². The van der Waals surface area contributed by atoms with E-state index in [0.29, 0.717) is 38.2 Å². The molecule has 0 spiro atoms. The lowest BCUT2D eigenvalue weighted by molar-refractivity contribution is 0.00537. The molecule has 292 valence electrons. The molecule has 4 saturated heterocycles. The molecule has 55 heavy (non-hydrogen) atoms. The largest absolute Gasteiger partial charge is 0.475 e. The lowest BCUT2D eigenvalue weighted by atomic mass is 9.95. The highest BCUT2D eigenvalue weighted by molar-refractivity contribution is 6.02. The minimum atomic E-state index is -1.19. The average Bonchev–Trinajstić information content (AvgIpc) is 3.75. The molecule has 2 bridgehead atoms. The molecular formula is C39H42F4N6O6. The fourth-order valence-electron chi connectivity index (χ4n) is 9.32. The van der Waals surface area contributed by atoms with Crippen LogP contribution in [0.15, 0.2) is 24.3 Å². The summed E-state index contributed by atoms with van der Waals surface area (Å²) in [5.41, 5.74) is -1.90. The van der Waals surface area contributed by atoms with Gasteiger partial charge in [0.15, 0.2) is 24.2 Å². The molecule has 0 radical (unpaired) electrons. The number of fused-ring (bicyclic) bond motifs is 7. The van der Waals surface area contributed by atoms with Gasteiger partial charge in [0.05, 0.1) is 23.7 Å². The van der Waals surface area contributed by atoms with E-state index in [0.717, 1.165) is 25.5 Å². The number of pyridine rings is 1. The van der Waals surface area contributed by atoms with Gasteiger partial charge in [0, 0.05) is 37.6 Å². The van der Waals surface area contributed by atoms with Gasteiger partial charge < -0.3 is 28.6 Å². The Bertz CT molecular complexity index is 2210. The second-order valence-electron chi connectivity index (χ2n) is 16.2. The number of piperazine rings is 1. The molecule has 4 aromatic rings. The Morgan fingerprint density at radius 1 is 1.02 bits per heavy atom. The van der Waals surface area contributed by atoms with Crippen molar-refractivity contribution in [2.75, 3.05) is 51.7 Å². The summed E-state index contributed by atoms with van der Waals surface area (Å²) in [7, 11) is 1.43. The lowest BCUT2D eigenvalue weighted by Crippen LogP contribution is -2.63. The molecule has 5 atom stereocenters. The molecule has 12 nitrogen and oxygen atoms in total. The van der Waals surface area contributed by atoms with E-state index in [4.69, 9.17) is 28.7 Å². The highest BCUT2D eigenvalue weighted by Crippen LogP contribution is 2.47. The minimum absolute atomic E-state index is 0.0214. The van der Waals surface area contributed by atoms with Gasteiger partial charge in [0.25, 0.3) is 0 Å². The summed E-state index contributed by atoms with van der Waals surface area (Å²) >= 11 is 0. The van der Waals surface area contributed by atoms with Gasteiger partial charge in [-0.2, -0.15) is 9.97 Å². The van der Waals surface area contributed by atoms with Crippen LogP contribution in [0.25, 0.3) is 32.9 Å². The maximum Gasteiger partial charge on any atom is 0.410 e. The van der Waals surface area contributed by atoms with Gasteiger partial charge in [-0.15, -0.1) is 0 Å². The average molecular weight is 767 g/mol. The highest BCUT2D eigenvalue weighted by atomic mass is 19.2. The van der Waals surface area contributed by atoms with Gasteiger partial charge in [-0.3, -0.25) is 9.80 Å². The molecule has 0 saturated carbocycles. The Labute approximate surface area is 314 Å². The summed E-state index contributed by atoms with van der Waals surface area (Å²) < 4.78 is 91.8. The number of halogens is 4. The summed E-state index contributed by atoms with van der Waals surface area (Å²) in [6.07, 6.45) is 1.92. The van der Waals surface area contributed by atoms with Gasteiger partial charge in [-0.1, -0.05) is 6.07 Å². The van der Waals surface area contributed by atoms with Crippen LogP contribution < -0.4 is 19.1 Å². The third-order valence-corrected chi connectivity index (χ3v) is 11.6. The van der Waals surface area contributed by atoms with Crippen LogP contribution in [-0.2, 0) is 9.47 Å². The number of benzene rings is 2. The Morgan fingerprint density at radius 3 is 2.65 bits per heavy atom. The molecule has 5 aliphatic rings. The van der Waals surface area contributed by atoms with E-state index in [9.17, 15) is 13.6 Å². The van der Waals surface area contributed by atoms with E-state index in [-0.39, 0.29) is 82.7 Å². The SMILES string of the molecule is COCOc1cc(-c2nc3c4c(nc(OC[C@]56CCCN5C[C@H](F)C6)nc4c2F)N2C[C@@H]4CC[C@H]([C@H]2CO3)N4C(=O)OC(C)(C)C)c2c(F)c(F)ccc2c1. The molecule has 5 aliphatic heterocycles. The molecular weight excluding hydrogens is 724 g/mol. The standard InChI is InChI=1S/C39H42F4N6O6/c1-38(2,3)55-37(50)49-22-7-9-26(49)27-17-52-35-29-33(45-36(46-34(29)48(27)16-22)53-18-39-10-5-11-47(39)15-21(40)14-39)31(43)32(44-35)24-13-23(54-19-51-4)12-20-6-8-25(41)30(42)28(20)24/h6,8,12-13,21-22,26-27H,5,7,9-11,14-19H2,1-4H3/t21-,22+,26-,27-,39-/m1/s1. The van der Waals surface area contributed by atoms with Crippen LogP contribution in [0.4, 0.5) is 28.2 Å². The molecule has 2 aromatic heterocycles.